The van der Waals surface area contributed by atoms with Crippen molar-refractivity contribution in [1.29, 1.82) is 0 Å². The zero-order chi connectivity index (χ0) is 16.6. The molecule has 124 valence electrons. The molecule has 4 heteroatoms. The van der Waals surface area contributed by atoms with Crippen LogP contribution < -0.4 is 5.32 Å². The van der Waals surface area contributed by atoms with Crippen LogP contribution in [-0.2, 0) is 17.7 Å². The number of hydrogen-bond donors (Lipinski definition) is 1. The number of benzene rings is 1. The van der Waals surface area contributed by atoms with Crippen molar-refractivity contribution in [3.63, 3.8) is 0 Å². The number of rotatable bonds is 7. The van der Waals surface area contributed by atoms with Gasteiger partial charge >= 0.3 is 6.09 Å². The third-order valence-corrected chi connectivity index (χ3v) is 3.41. The van der Waals surface area contributed by atoms with E-state index in [1.54, 1.807) is 4.90 Å². The van der Waals surface area contributed by atoms with Gasteiger partial charge in [-0.2, -0.15) is 0 Å². The third-order valence-electron chi connectivity index (χ3n) is 3.41. The van der Waals surface area contributed by atoms with Crippen molar-refractivity contribution in [1.82, 2.24) is 10.2 Å². The van der Waals surface area contributed by atoms with Crippen LogP contribution in [0.25, 0.3) is 0 Å². The lowest BCUT2D eigenvalue weighted by molar-refractivity contribution is 0.0262. The minimum absolute atomic E-state index is 0.245. The summed E-state index contributed by atoms with van der Waals surface area (Å²) in [7, 11) is 0. The number of likely N-dealkylation sites (N-methyl/N-ethyl adjacent to an activating group) is 1. The maximum absolute atomic E-state index is 12.0. The standard InChI is InChI=1S/C18H30N2O2/c1-6-15-10-8-9-11-16(15)14-19-12-13-20(7-2)17(21)22-18(3,4)5/h8-11,19H,6-7,12-14H2,1-5H3. The minimum atomic E-state index is -0.446. The van der Waals surface area contributed by atoms with Crippen LogP contribution in [0.3, 0.4) is 0 Å². The van der Waals surface area contributed by atoms with Crippen molar-refractivity contribution in [3.05, 3.63) is 35.4 Å². The second-order valence-electron chi connectivity index (χ2n) is 6.36. The van der Waals surface area contributed by atoms with Crippen molar-refractivity contribution in [2.45, 2.75) is 53.2 Å². The summed E-state index contributed by atoms with van der Waals surface area (Å²) in [5, 5.41) is 3.41. The average Bonchev–Trinajstić information content (AvgIpc) is 2.45. The predicted octanol–water partition coefficient (Wildman–Crippen LogP) is 3.60. The van der Waals surface area contributed by atoms with Gasteiger partial charge in [0.05, 0.1) is 0 Å². The third kappa shape index (κ3) is 6.48. The molecular weight excluding hydrogens is 276 g/mol. The van der Waals surface area contributed by atoms with Crippen LogP contribution in [0, 0.1) is 0 Å². The lowest BCUT2D eigenvalue weighted by Gasteiger charge is -2.26. The molecule has 4 nitrogen and oxygen atoms in total. The van der Waals surface area contributed by atoms with E-state index in [9.17, 15) is 4.79 Å². The number of ether oxygens (including phenoxy) is 1. The predicted molar refractivity (Wildman–Crippen MR) is 91.0 cm³/mol. The van der Waals surface area contributed by atoms with Gasteiger partial charge in [-0.15, -0.1) is 0 Å². The molecule has 0 spiro atoms. The maximum atomic E-state index is 12.0. The Morgan fingerprint density at radius 1 is 1.18 bits per heavy atom. The van der Waals surface area contributed by atoms with E-state index >= 15 is 0 Å². The molecule has 0 fully saturated rings. The van der Waals surface area contributed by atoms with E-state index in [2.05, 4.69) is 36.5 Å². The van der Waals surface area contributed by atoms with Gasteiger partial charge in [-0.1, -0.05) is 31.2 Å². The molecular formula is C18H30N2O2. The van der Waals surface area contributed by atoms with E-state index in [1.165, 1.54) is 11.1 Å². The number of hydrogen-bond acceptors (Lipinski definition) is 3. The molecule has 0 aliphatic rings. The van der Waals surface area contributed by atoms with E-state index in [0.717, 1.165) is 19.5 Å². The fourth-order valence-corrected chi connectivity index (χ4v) is 2.22. The Bertz CT molecular complexity index is 466. The van der Waals surface area contributed by atoms with Crippen LogP contribution in [0.5, 0.6) is 0 Å². The largest absolute Gasteiger partial charge is 0.444 e. The van der Waals surface area contributed by atoms with Crippen molar-refractivity contribution in [3.8, 4) is 0 Å². The summed E-state index contributed by atoms with van der Waals surface area (Å²) < 4.78 is 5.40. The first-order valence-corrected chi connectivity index (χ1v) is 8.12. The number of aryl methyl sites for hydroxylation is 1. The highest BCUT2D eigenvalue weighted by atomic mass is 16.6. The first-order chi connectivity index (χ1) is 10.4. The maximum Gasteiger partial charge on any atom is 0.410 e. The molecule has 0 saturated carbocycles. The zero-order valence-electron chi connectivity index (χ0n) is 14.6. The molecule has 0 bridgehead atoms. The highest BCUT2D eigenvalue weighted by molar-refractivity contribution is 5.68. The zero-order valence-corrected chi connectivity index (χ0v) is 14.6. The Kier molecular flexibility index (Phi) is 7.39. The summed E-state index contributed by atoms with van der Waals surface area (Å²) >= 11 is 0. The van der Waals surface area contributed by atoms with Gasteiger partial charge in [-0.05, 0) is 45.2 Å². The van der Waals surface area contributed by atoms with Gasteiger partial charge in [0.2, 0.25) is 0 Å². The van der Waals surface area contributed by atoms with Gasteiger partial charge in [0, 0.05) is 26.2 Å². The van der Waals surface area contributed by atoms with Gasteiger partial charge in [0.1, 0.15) is 5.60 Å². The van der Waals surface area contributed by atoms with Crippen LogP contribution in [0.1, 0.15) is 45.7 Å². The molecule has 1 N–H and O–H groups in total. The second-order valence-corrected chi connectivity index (χ2v) is 6.36. The van der Waals surface area contributed by atoms with Crippen molar-refractivity contribution >= 4 is 6.09 Å². The summed E-state index contributed by atoms with van der Waals surface area (Å²) in [6.07, 6.45) is 0.794. The number of nitrogens with one attached hydrogen (secondary N) is 1. The summed E-state index contributed by atoms with van der Waals surface area (Å²) in [5.74, 6) is 0. The number of nitrogens with zero attached hydrogens (tertiary/aromatic N) is 1. The summed E-state index contributed by atoms with van der Waals surface area (Å²) in [4.78, 5) is 13.8. The topological polar surface area (TPSA) is 41.6 Å². The molecule has 0 aromatic heterocycles. The lowest BCUT2D eigenvalue weighted by Crippen LogP contribution is -2.40. The van der Waals surface area contributed by atoms with Crippen molar-refractivity contribution in [2.75, 3.05) is 19.6 Å². The van der Waals surface area contributed by atoms with E-state index in [1.807, 2.05) is 27.7 Å². The molecule has 22 heavy (non-hydrogen) atoms. The molecule has 0 aliphatic heterocycles. The molecule has 0 aliphatic carbocycles. The molecule has 1 aromatic rings. The fourth-order valence-electron chi connectivity index (χ4n) is 2.22. The molecule has 0 saturated heterocycles. The molecule has 0 unspecified atom stereocenters. The Balaban J connectivity index is 2.40. The Morgan fingerprint density at radius 2 is 1.82 bits per heavy atom. The van der Waals surface area contributed by atoms with Crippen LogP contribution in [0.15, 0.2) is 24.3 Å². The highest BCUT2D eigenvalue weighted by Gasteiger charge is 2.20. The van der Waals surface area contributed by atoms with E-state index in [0.29, 0.717) is 13.1 Å². The number of carbonyl (C=O) groups excluding carboxylic acids is 1. The Hall–Kier alpha value is -1.55. The minimum Gasteiger partial charge on any atom is -0.444 e. The number of carbonyl (C=O) groups is 1. The van der Waals surface area contributed by atoms with Gasteiger partial charge in [-0.3, -0.25) is 0 Å². The monoisotopic (exact) mass is 306 g/mol. The van der Waals surface area contributed by atoms with Gasteiger partial charge in [-0.25, -0.2) is 4.79 Å². The molecule has 0 radical (unpaired) electrons. The second kappa shape index (κ2) is 8.79. The first-order valence-electron chi connectivity index (χ1n) is 8.12. The van der Waals surface area contributed by atoms with Crippen LogP contribution in [0.4, 0.5) is 4.79 Å². The number of amides is 1. The first kappa shape index (κ1) is 18.5. The van der Waals surface area contributed by atoms with Crippen molar-refractivity contribution < 1.29 is 9.53 Å². The summed E-state index contributed by atoms with van der Waals surface area (Å²) in [6, 6.07) is 8.45. The molecule has 1 aromatic carbocycles. The van der Waals surface area contributed by atoms with Gasteiger partial charge < -0.3 is 15.0 Å². The molecule has 1 amide bonds. The summed E-state index contributed by atoms with van der Waals surface area (Å²) in [5.41, 5.74) is 2.25. The smallest absolute Gasteiger partial charge is 0.410 e. The quantitative estimate of drug-likeness (QED) is 0.783. The van der Waals surface area contributed by atoms with Gasteiger partial charge in [0.15, 0.2) is 0 Å². The van der Waals surface area contributed by atoms with Crippen LogP contribution >= 0.6 is 0 Å². The summed E-state index contributed by atoms with van der Waals surface area (Å²) in [6.45, 7) is 12.7. The van der Waals surface area contributed by atoms with Crippen LogP contribution in [0.2, 0.25) is 0 Å². The normalized spacial score (nSPS) is 11.3. The van der Waals surface area contributed by atoms with Crippen LogP contribution in [-0.4, -0.2) is 36.2 Å². The molecule has 0 atom stereocenters. The highest BCUT2D eigenvalue weighted by Crippen LogP contribution is 2.10. The molecule has 1 rings (SSSR count). The Labute approximate surface area is 134 Å². The van der Waals surface area contributed by atoms with Crippen molar-refractivity contribution in [2.24, 2.45) is 0 Å². The molecule has 0 heterocycles. The van der Waals surface area contributed by atoms with E-state index in [-0.39, 0.29) is 6.09 Å². The van der Waals surface area contributed by atoms with E-state index in [4.69, 9.17) is 4.74 Å². The fraction of sp³-hybridized carbons (Fsp3) is 0.611. The Morgan fingerprint density at radius 3 is 2.36 bits per heavy atom. The SMILES string of the molecule is CCc1ccccc1CNCCN(CC)C(=O)OC(C)(C)C. The van der Waals surface area contributed by atoms with Gasteiger partial charge in [0.25, 0.3) is 0 Å². The lowest BCUT2D eigenvalue weighted by atomic mass is 10.1. The van der Waals surface area contributed by atoms with E-state index < -0.39 is 5.60 Å². The average molecular weight is 306 g/mol.